The molecular weight excluding hydrogens is 238 g/mol. The number of methoxy groups -OCH3 is 1. The molecule has 0 saturated heterocycles. The lowest BCUT2D eigenvalue weighted by molar-refractivity contribution is 0.384. The molecule has 4 heteroatoms. The largest absolute Gasteiger partial charge is 0.481 e. The van der Waals surface area contributed by atoms with E-state index in [1.54, 1.807) is 7.11 Å². The molecule has 1 aromatic heterocycles. The number of nitrogens with zero attached hydrogens (tertiary/aromatic N) is 2. The molecular formula is C15H25N3O. The maximum Gasteiger partial charge on any atom is 0.216 e. The first-order chi connectivity index (χ1) is 8.98. The lowest BCUT2D eigenvalue weighted by Gasteiger charge is -2.23. The van der Waals surface area contributed by atoms with Crippen molar-refractivity contribution >= 4 is 0 Å². The summed E-state index contributed by atoms with van der Waals surface area (Å²) in [6, 6.07) is 1.99. The predicted molar refractivity (Wildman–Crippen MR) is 76.4 cm³/mol. The van der Waals surface area contributed by atoms with Crippen LogP contribution < -0.4 is 10.5 Å². The lowest BCUT2D eigenvalue weighted by atomic mass is 9.87. The second-order valence-electron chi connectivity index (χ2n) is 6.25. The molecule has 0 radical (unpaired) electrons. The van der Waals surface area contributed by atoms with Gasteiger partial charge in [-0.2, -0.15) is 4.98 Å². The molecule has 2 rings (SSSR count). The quantitative estimate of drug-likeness (QED) is 0.907. The molecule has 4 nitrogen and oxygen atoms in total. The Morgan fingerprint density at radius 1 is 1.26 bits per heavy atom. The van der Waals surface area contributed by atoms with Gasteiger partial charge in [-0.05, 0) is 26.7 Å². The third-order valence-electron chi connectivity index (χ3n) is 3.62. The first-order valence-corrected chi connectivity index (χ1v) is 7.19. The fraction of sp³-hybridized carbons (Fsp3) is 0.733. The molecule has 1 aromatic rings. The van der Waals surface area contributed by atoms with Crippen molar-refractivity contribution in [2.75, 3.05) is 7.11 Å². The summed E-state index contributed by atoms with van der Waals surface area (Å²) in [5.74, 6) is 2.02. The van der Waals surface area contributed by atoms with E-state index >= 15 is 0 Å². The van der Waals surface area contributed by atoms with Gasteiger partial charge < -0.3 is 10.5 Å². The summed E-state index contributed by atoms with van der Waals surface area (Å²) >= 11 is 0. The topological polar surface area (TPSA) is 61.0 Å². The number of nitrogens with two attached hydrogens (primary N) is 1. The summed E-state index contributed by atoms with van der Waals surface area (Å²) in [7, 11) is 1.66. The fourth-order valence-corrected chi connectivity index (χ4v) is 2.69. The Morgan fingerprint density at radius 2 is 1.95 bits per heavy atom. The summed E-state index contributed by atoms with van der Waals surface area (Å²) < 4.78 is 5.31. The summed E-state index contributed by atoms with van der Waals surface area (Å²) in [4.78, 5) is 9.14. The molecule has 0 bridgehead atoms. The third kappa shape index (κ3) is 4.16. The average molecular weight is 263 g/mol. The van der Waals surface area contributed by atoms with E-state index in [9.17, 15) is 0 Å². The highest BCUT2D eigenvalue weighted by molar-refractivity contribution is 5.20. The van der Waals surface area contributed by atoms with Gasteiger partial charge in [-0.15, -0.1) is 0 Å². The Bertz CT molecular complexity index is 420. The van der Waals surface area contributed by atoms with Gasteiger partial charge in [-0.3, -0.25) is 0 Å². The lowest BCUT2D eigenvalue weighted by Crippen LogP contribution is -2.35. The maximum absolute atomic E-state index is 6.07. The third-order valence-corrected chi connectivity index (χ3v) is 3.62. The van der Waals surface area contributed by atoms with E-state index in [0.29, 0.717) is 18.2 Å². The summed E-state index contributed by atoms with van der Waals surface area (Å²) in [5.41, 5.74) is 6.90. The minimum Gasteiger partial charge on any atom is -0.481 e. The van der Waals surface area contributed by atoms with E-state index in [0.717, 1.165) is 11.5 Å². The molecule has 19 heavy (non-hydrogen) atoms. The average Bonchev–Trinajstić information content (AvgIpc) is 2.37. The first-order valence-electron chi connectivity index (χ1n) is 7.19. The van der Waals surface area contributed by atoms with Gasteiger partial charge in [0.25, 0.3) is 0 Å². The monoisotopic (exact) mass is 263 g/mol. The number of aromatic nitrogens is 2. The van der Waals surface area contributed by atoms with Crippen LogP contribution in [-0.2, 0) is 6.42 Å². The van der Waals surface area contributed by atoms with Gasteiger partial charge in [-0.25, -0.2) is 4.98 Å². The van der Waals surface area contributed by atoms with Crippen molar-refractivity contribution in [3.05, 3.63) is 17.6 Å². The molecule has 0 amide bonds. The van der Waals surface area contributed by atoms with Crippen LogP contribution in [0.3, 0.4) is 0 Å². The minimum atomic E-state index is -0.295. The Hall–Kier alpha value is -1.16. The number of hydrogen-bond acceptors (Lipinski definition) is 4. The van der Waals surface area contributed by atoms with Gasteiger partial charge in [0.1, 0.15) is 5.82 Å². The Kier molecular flexibility index (Phi) is 4.40. The molecule has 1 aliphatic carbocycles. The second kappa shape index (κ2) is 5.87. The van der Waals surface area contributed by atoms with E-state index in [-0.39, 0.29) is 5.54 Å². The Balaban J connectivity index is 2.24. The van der Waals surface area contributed by atoms with Crippen molar-refractivity contribution in [3.8, 4) is 5.88 Å². The molecule has 1 heterocycles. The molecule has 0 atom stereocenters. The zero-order chi connectivity index (χ0) is 13.9. The van der Waals surface area contributed by atoms with Crippen LogP contribution in [0.4, 0.5) is 0 Å². The van der Waals surface area contributed by atoms with E-state index < -0.39 is 0 Å². The van der Waals surface area contributed by atoms with Gasteiger partial charge in [0, 0.05) is 23.9 Å². The second-order valence-corrected chi connectivity index (χ2v) is 6.25. The van der Waals surface area contributed by atoms with Gasteiger partial charge in [0.15, 0.2) is 0 Å². The van der Waals surface area contributed by atoms with Crippen LogP contribution in [0.25, 0.3) is 0 Å². The molecule has 0 unspecified atom stereocenters. The van der Waals surface area contributed by atoms with Crippen molar-refractivity contribution in [2.45, 2.75) is 63.8 Å². The molecule has 1 saturated carbocycles. The number of hydrogen-bond donors (Lipinski definition) is 1. The van der Waals surface area contributed by atoms with Gasteiger partial charge in [-0.1, -0.05) is 19.3 Å². The van der Waals surface area contributed by atoms with Gasteiger partial charge >= 0.3 is 0 Å². The number of rotatable bonds is 4. The van der Waals surface area contributed by atoms with Gasteiger partial charge in [0.2, 0.25) is 5.88 Å². The summed E-state index contributed by atoms with van der Waals surface area (Å²) in [6.45, 7) is 3.99. The van der Waals surface area contributed by atoms with Crippen LogP contribution in [0.5, 0.6) is 5.88 Å². The standard InChI is InChI=1S/C15H25N3O/c1-15(2,16)10-13-17-12(9-14(18-13)19-3)11-7-5-4-6-8-11/h9,11H,4-8,10,16H2,1-3H3. The van der Waals surface area contributed by atoms with Crippen LogP contribution in [-0.4, -0.2) is 22.6 Å². The number of ether oxygens (including phenoxy) is 1. The smallest absolute Gasteiger partial charge is 0.216 e. The van der Waals surface area contributed by atoms with Crippen molar-refractivity contribution in [2.24, 2.45) is 5.73 Å². The highest BCUT2D eigenvalue weighted by Gasteiger charge is 2.21. The Labute approximate surface area is 115 Å². The molecule has 2 N–H and O–H groups in total. The molecule has 1 fully saturated rings. The summed E-state index contributed by atoms with van der Waals surface area (Å²) in [6.07, 6.45) is 7.08. The van der Waals surface area contributed by atoms with Gasteiger partial charge in [0.05, 0.1) is 12.8 Å². The van der Waals surface area contributed by atoms with Crippen LogP contribution in [0.1, 0.15) is 63.4 Å². The van der Waals surface area contributed by atoms with Crippen molar-refractivity contribution < 1.29 is 4.74 Å². The summed E-state index contributed by atoms with van der Waals surface area (Å²) in [5, 5.41) is 0. The SMILES string of the molecule is COc1cc(C2CCCCC2)nc(CC(C)(C)N)n1. The molecule has 1 aliphatic rings. The minimum absolute atomic E-state index is 0.295. The zero-order valence-electron chi connectivity index (χ0n) is 12.3. The van der Waals surface area contributed by atoms with Crippen LogP contribution in [0.2, 0.25) is 0 Å². The van der Waals surface area contributed by atoms with Crippen LogP contribution in [0.15, 0.2) is 6.07 Å². The van der Waals surface area contributed by atoms with Crippen molar-refractivity contribution in [1.29, 1.82) is 0 Å². The zero-order valence-corrected chi connectivity index (χ0v) is 12.3. The first kappa shape index (κ1) is 14.3. The predicted octanol–water partition coefficient (Wildman–Crippen LogP) is 2.81. The van der Waals surface area contributed by atoms with E-state index in [1.165, 1.54) is 32.1 Å². The van der Waals surface area contributed by atoms with Crippen molar-refractivity contribution in [3.63, 3.8) is 0 Å². The highest BCUT2D eigenvalue weighted by Crippen LogP contribution is 2.32. The highest BCUT2D eigenvalue weighted by atomic mass is 16.5. The van der Waals surface area contributed by atoms with E-state index in [2.05, 4.69) is 4.98 Å². The molecule has 0 spiro atoms. The Morgan fingerprint density at radius 3 is 2.53 bits per heavy atom. The van der Waals surface area contributed by atoms with E-state index in [4.69, 9.17) is 15.5 Å². The van der Waals surface area contributed by atoms with Crippen LogP contribution >= 0.6 is 0 Å². The molecule has 106 valence electrons. The maximum atomic E-state index is 6.07. The fourth-order valence-electron chi connectivity index (χ4n) is 2.69. The normalized spacial score (nSPS) is 17.5. The van der Waals surface area contributed by atoms with Crippen molar-refractivity contribution in [1.82, 2.24) is 9.97 Å². The molecule has 0 aromatic carbocycles. The molecule has 0 aliphatic heterocycles. The van der Waals surface area contributed by atoms with Crippen LogP contribution in [0, 0.1) is 0 Å². The van der Waals surface area contributed by atoms with E-state index in [1.807, 2.05) is 19.9 Å².